The molecule has 3 fully saturated rings. The fraction of sp³-hybridized carbons (Fsp3) is 0.867. The van der Waals surface area contributed by atoms with Crippen molar-refractivity contribution in [2.45, 2.75) is 62.1 Å². The van der Waals surface area contributed by atoms with E-state index in [0.29, 0.717) is 25.3 Å². The highest BCUT2D eigenvalue weighted by Crippen LogP contribution is 2.53. The molecular formula is C15H22Cl2N2O3. The van der Waals surface area contributed by atoms with Gasteiger partial charge in [0.15, 0.2) is 0 Å². The number of hydrogen-bond acceptors (Lipinski definition) is 3. The van der Waals surface area contributed by atoms with Crippen LogP contribution in [0.2, 0.25) is 0 Å². The molecule has 1 N–H and O–H groups in total. The molecule has 2 saturated carbocycles. The highest BCUT2D eigenvalue weighted by Gasteiger charge is 2.57. The average Bonchev–Trinajstić information content (AvgIpc) is 3.20. The van der Waals surface area contributed by atoms with Gasteiger partial charge in [-0.1, -0.05) is 0 Å². The summed E-state index contributed by atoms with van der Waals surface area (Å²) in [4.78, 5) is 26.4. The first-order valence-electron chi connectivity index (χ1n) is 7.75. The van der Waals surface area contributed by atoms with Gasteiger partial charge in [0.05, 0.1) is 0 Å². The number of carbonyl (C=O) groups excluding carboxylic acids is 2. The fourth-order valence-electron chi connectivity index (χ4n) is 3.10. The predicted molar refractivity (Wildman–Crippen MR) is 83.9 cm³/mol. The van der Waals surface area contributed by atoms with E-state index >= 15 is 0 Å². The molecule has 3 aliphatic rings. The van der Waals surface area contributed by atoms with E-state index < -0.39 is 22.1 Å². The van der Waals surface area contributed by atoms with E-state index in [0.717, 1.165) is 6.42 Å². The first kappa shape index (κ1) is 16.2. The standard InChI is InChI=1S/C15H22Cl2N2O3/c1-14(2,3)22-13(21)19-10-4-8(10)5-11(19)12(20)18-7-9-6-15(9,16)17/h8-11H,4-7H2,1-3H3,(H,18,20)/t8-,9+,10-,11+/m1/s1. The summed E-state index contributed by atoms with van der Waals surface area (Å²) in [5.74, 6) is 0.407. The molecule has 124 valence electrons. The van der Waals surface area contributed by atoms with Crippen LogP contribution in [0.25, 0.3) is 0 Å². The van der Waals surface area contributed by atoms with E-state index in [1.54, 1.807) is 4.90 Å². The lowest BCUT2D eigenvalue weighted by atomic mass is 10.1. The minimum atomic E-state index is -0.698. The molecule has 0 aromatic heterocycles. The molecule has 7 heteroatoms. The maximum atomic E-state index is 12.4. The first-order valence-corrected chi connectivity index (χ1v) is 8.51. The monoisotopic (exact) mass is 348 g/mol. The molecule has 2 amide bonds. The molecule has 0 aromatic rings. The Hall–Kier alpha value is -0.680. The number of nitrogens with zero attached hydrogens (tertiary/aromatic N) is 1. The molecule has 0 radical (unpaired) electrons. The minimum Gasteiger partial charge on any atom is -0.444 e. The molecule has 5 nitrogen and oxygen atoms in total. The van der Waals surface area contributed by atoms with Crippen molar-refractivity contribution >= 4 is 35.2 Å². The van der Waals surface area contributed by atoms with E-state index in [9.17, 15) is 9.59 Å². The SMILES string of the molecule is CC(C)(C)OC(=O)N1[C@@H]2C[C@@H]2C[C@H]1C(=O)NC[C@@H]1CC1(Cl)Cl. The van der Waals surface area contributed by atoms with Crippen molar-refractivity contribution in [1.82, 2.24) is 10.2 Å². The number of rotatable bonds is 3. The molecule has 2 aliphatic carbocycles. The van der Waals surface area contributed by atoms with Crippen LogP contribution in [-0.4, -0.2) is 45.5 Å². The molecule has 4 atom stereocenters. The smallest absolute Gasteiger partial charge is 0.411 e. The second-order valence-electron chi connectivity index (χ2n) is 7.61. The number of piperidine rings is 1. The highest BCUT2D eigenvalue weighted by atomic mass is 35.5. The average molecular weight is 349 g/mol. The zero-order chi connectivity index (χ0) is 16.3. The van der Waals surface area contributed by atoms with Crippen LogP contribution in [0.15, 0.2) is 0 Å². The van der Waals surface area contributed by atoms with Gasteiger partial charge in [-0.2, -0.15) is 0 Å². The van der Waals surface area contributed by atoms with Gasteiger partial charge in [-0.05, 0) is 46.0 Å². The normalized spacial score (nSPS) is 34.9. The van der Waals surface area contributed by atoms with Crippen molar-refractivity contribution in [2.24, 2.45) is 11.8 Å². The summed E-state index contributed by atoms with van der Waals surface area (Å²) >= 11 is 11.9. The number of carbonyl (C=O) groups is 2. The van der Waals surface area contributed by atoms with Gasteiger partial charge in [-0.3, -0.25) is 9.69 Å². The third-order valence-corrected chi connectivity index (χ3v) is 5.42. The highest BCUT2D eigenvalue weighted by molar-refractivity contribution is 6.50. The molecule has 1 aliphatic heterocycles. The largest absolute Gasteiger partial charge is 0.444 e. The molecular weight excluding hydrogens is 327 g/mol. The molecule has 1 heterocycles. The van der Waals surface area contributed by atoms with Gasteiger partial charge in [0.2, 0.25) is 5.91 Å². The van der Waals surface area contributed by atoms with Crippen LogP contribution in [0, 0.1) is 11.8 Å². The summed E-state index contributed by atoms with van der Waals surface area (Å²) in [6.07, 6.45) is 1.99. The van der Waals surface area contributed by atoms with Crippen molar-refractivity contribution in [2.75, 3.05) is 6.54 Å². The molecule has 22 heavy (non-hydrogen) atoms. The Balaban J connectivity index is 1.57. The minimum absolute atomic E-state index is 0.102. The van der Waals surface area contributed by atoms with E-state index in [1.807, 2.05) is 20.8 Å². The number of hydrogen-bond donors (Lipinski definition) is 1. The van der Waals surface area contributed by atoms with Crippen LogP contribution in [0.4, 0.5) is 4.79 Å². The topological polar surface area (TPSA) is 58.6 Å². The van der Waals surface area contributed by atoms with Crippen molar-refractivity contribution < 1.29 is 14.3 Å². The number of halogens is 2. The molecule has 0 aromatic carbocycles. The zero-order valence-electron chi connectivity index (χ0n) is 13.1. The predicted octanol–water partition coefficient (Wildman–Crippen LogP) is 2.69. The van der Waals surface area contributed by atoms with Gasteiger partial charge in [-0.25, -0.2) is 4.79 Å². The molecule has 3 rings (SSSR count). The van der Waals surface area contributed by atoms with Crippen LogP contribution in [0.3, 0.4) is 0 Å². The van der Waals surface area contributed by atoms with Gasteiger partial charge in [0.1, 0.15) is 16.0 Å². The van der Waals surface area contributed by atoms with Gasteiger partial charge < -0.3 is 10.1 Å². The lowest BCUT2D eigenvalue weighted by Gasteiger charge is -2.29. The molecule has 0 spiro atoms. The van der Waals surface area contributed by atoms with Crippen molar-refractivity contribution in [3.05, 3.63) is 0 Å². The van der Waals surface area contributed by atoms with E-state index in [-0.39, 0.29) is 17.9 Å². The third-order valence-electron chi connectivity index (χ3n) is 4.49. The molecule has 0 bridgehead atoms. The Kier molecular flexibility index (Phi) is 3.80. The summed E-state index contributed by atoms with van der Waals surface area (Å²) in [6.45, 7) is 5.94. The first-order chi connectivity index (χ1) is 10.1. The summed E-state index contributed by atoms with van der Waals surface area (Å²) < 4.78 is 4.74. The van der Waals surface area contributed by atoms with Gasteiger partial charge >= 0.3 is 6.09 Å². The lowest BCUT2D eigenvalue weighted by Crippen LogP contribution is -2.49. The van der Waals surface area contributed by atoms with E-state index in [4.69, 9.17) is 27.9 Å². The van der Waals surface area contributed by atoms with Crippen LogP contribution >= 0.6 is 23.2 Å². The quantitative estimate of drug-likeness (QED) is 0.797. The van der Waals surface area contributed by atoms with Gasteiger partial charge in [0, 0.05) is 18.5 Å². The van der Waals surface area contributed by atoms with Crippen molar-refractivity contribution in [1.29, 1.82) is 0 Å². The third kappa shape index (κ3) is 3.30. The Labute approximate surface area is 140 Å². The van der Waals surface area contributed by atoms with Crippen LogP contribution in [-0.2, 0) is 9.53 Å². The number of ether oxygens (including phenoxy) is 1. The van der Waals surface area contributed by atoms with Gasteiger partial charge in [-0.15, -0.1) is 23.2 Å². The summed E-state index contributed by atoms with van der Waals surface area (Å²) in [7, 11) is 0. The fourth-order valence-corrected chi connectivity index (χ4v) is 3.63. The number of likely N-dealkylation sites (tertiary alicyclic amines) is 1. The number of nitrogens with one attached hydrogen (secondary N) is 1. The number of amides is 2. The van der Waals surface area contributed by atoms with Gasteiger partial charge in [0.25, 0.3) is 0 Å². The number of alkyl halides is 2. The Morgan fingerprint density at radius 1 is 1.32 bits per heavy atom. The Morgan fingerprint density at radius 2 is 1.95 bits per heavy atom. The van der Waals surface area contributed by atoms with Crippen molar-refractivity contribution in [3.8, 4) is 0 Å². The summed E-state index contributed by atoms with van der Waals surface area (Å²) in [5, 5.41) is 2.87. The van der Waals surface area contributed by atoms with Crippen LogP contribution in [0.5, 0.6) is 0 Å². The number of fused-ring (bicyclic) bond motifs is 1. The second kappa shape index (κ2) is 5.17. The second-order valence-corrected chi connectivity index (χ2v) is 9.15. The molecule has 0 unspecified atom stereocenters. The Bertz CT molecular complexity index is 504. The molecule has 1 saturated heterocycles. The maximum Gasteiger partial charge on any atom is 0.411 e. The van der Waals surface area contributed by atoms with Crippen molar-refractivity contribution in [3.63, 3.8) is 0 Å². The maximum absolute atomic E-state index is 12.4. The van der Waals surface area contributed by atoms with Crippen LogP contribution in [0.1, 0.15) is 40.0 Å². The summed E-state index contributed by atoms with van der Waals surface area (Å²) in [5.41, 5.74) is -0.560. The van der Waals surface area contributed by atoms with E-state index in [2.05, 4.69) is 5.32 Å². The summed E-state index contributed by atoms with van der Waals surface area (Å²) in [6, 6.07) is -0.274. The van der Waals surface area contributed by atoms with Crippen LogP contribution < -0.4 is 5.32 Å². The zero-order valence-corrected chi connectivity index (χ0v) is 14.6. The Morgan fingerprint density at radius 3 is 2.50 bits per heavy atom. The lowest BCUT2D eigenvalue weighted by molar-refractivity contribution is -0.126. The van der Waals surface area contributed by atoms with E-state index in [1.165, 1.54) is 0 Å².